The number of halogens is 1. The van der Waals surface area contributed by atoms with Crippen molar-refractivity contribution in [2.45, 2.75) is 0 Å². The molecule has 0 spiro atoms. The standard InChI is InChI=1S/C15H15ClO3/c1-17-11-9-12(18-2)14(16)15(19-3)13(11)10-7-5-4-6-8-10/h4-9H,1-3H3. The minimum Gasteiger partial charge on any atom is -0.496 e. The third kappa shape index (κ3) is 2.47. The molecule has 3 nitrogen and oxygen atoms in total. The molecule has 0 aromatic heterocycles. The highest BCUT2D eigenvalue weighted by Gasteiger charge is 2.20. The average Bonchev–Trinajstić information content (AvgIpc) is 2.47. The first-order valence-corrected chi connectivity index (χ1v) is 6.14. The number of rotatable bonds is 4. The topological polar surface area (TPSA) is 27.7 Å². The Kier molecular flexibility index (Phi) is 4.17. The summed E-state index contributed by atoms with van der Waals surface area (Å²) in [6.45, 7) is 0. The van der Waals surface area contributed by atoms with Gasteiger partial charge in [0.2, 0.25) is 0 Å². The molecule has 4 heteroatoms. The fourth-order valence-electron chi connectivity index (χ4n) is 1.97. The molecule has 0 aliphatic carbocycles. The Balaban J connectivity index is 2.74. The maximum Gasteiger partial charge on any atom is 0.152 e. The van der Waals surface area contributed by atoms with Crippen molar-refractivity contribution in [3.8, 4) is 28.4 Å². The molecular weight excluding hydrogens is 264 g/mol. The van der Waals surface area contributed by atoms with Crippen LogP contribution < -0.4 is 14.2 Å². The third-order valence-electron chi connectivity index (χ3n) is 2.86. The second kappa shape index (κ2) is 5.85. The summed E-state index contributed by atoms with van der Waals surface area (Å²) in [5.41, 5.74) is 1.79. The highest BCUT2D eigenvalue weighted by atomic mass is 35.5. The van der Waals surface area contributed by atoms with E-state index in [1.807, 2.05) is 30.3 Å². The van der Waals surface area contributed by atoms with Gasteiger partial charge >= 0.3 is 0 Å². The van der Waals surface area contributed by atoms with Gasteiger partial charge in [-0.15, -0.1) is 0 Å². The molecule has 0 atom stereocenters. The molecule has 0 radical (unpaired) electrons. The Morgan fingerprint density at radius 2 is 1.47 bits per heavy atom. The van der Waals surface area contributed by atoms with E-state index in [0.29, 0.717) is 22.3 Å². The molecule has 0 aliphatic heterocycles. The van der Waals surface area contributed by atoms with Crippen LogP contribution in [-0.2, 0) is 0 Å². The summed E-state index contributed by atoms with van der Waals surface area (Å²) >= 11 is 6.29. The molecule has 2 aromatic rings. The monoisotopic (exact) mass is 278 g/mol. The zero-order valence-electron chi connectivity index (χ0n) is 11.1. The van der Waals surface area contributed by atoms with Crippen molar-refractivity contribution in [1.82, 2.24) is 0 Å². The van der Waals surface area contributed by atoms with Crippen LogP contribution >= 0.6 is 11.6 Å². The normalized spacial score (nSPS) is 10.1. The molecule has 0 unspecified atom stereocenters. The van der Waals surface area contributed by atoms with Crippen LogP contribution in [0.2, 0.25) is 5.02 Å². The molecule has 2 aromatic carbocycles. The van der Waals surface area contributed by atoms with Gasteiger partial charge in [0, 0.05) is 6.07 Å². The SMILES string of the molecule is COc1cc(OC)c(-c2ccccc2)c(OC)c1Cl. The van der Waals surface area contributed by atoms with Gasteiger partial charge < -0.3 is 14.2 Å². The predicted molar refractivity (Wildman–Crippen MR) is 76.5 cm³/mol. The minimum absolute atomic E-state index is 0.435. The zero-order chi connectivity index (χ0) is 13.8. The van der Waals surface area contributed by atoms with Gasteiger partial charge in [-0.3, -0.25) is 0 Å². The molecule has 100 valence electrons. The molecule has 0 aliphatic rings. The van der Waals surface area contributed by atoms with Crippen LogP contribution in [-0.4, -0.2) is 21.3 Å². The number of benzene rings is 2. The van der Waals surface area contributed by atoms with Crippen molar-refractivity contribution in [2.24, 2.45) is 0 Å². The zero-order valence-corrected chi connectivity index (χ0v) is 11.8. The molecule has 0 N–H and O–H groups in total. The van der Waals surface area contributed by atoms with E-state index >= 15 is 0 Å². The van der Waals surface area contributed by atoms with E-state index in [-0.39, 0.29) is 0 Å². The van der Waals surface area contributed by atoms with Crippen molar-refractivity contribution in [1.29, 1.82) is 0 Å². The van der Waals surface area contributed by atoms with Gasteiger partial charge in [-0.25, -0.2) is 0 Å². The van der Waals surface area contributed by atoms with Gasteiger partial charge in [-0.2, -0.15) is 0 Å². The summed E-state index contributed by atoms with van der Waals surface area (Å²) in [4.78, 5) is 0. The third-order valence-corrected chi connectivity index (χ3v) is 3.22. The summed E-state index contributed by atoms with van der Waals surface area (Å²) in [6, 6.07) is 11.6. The van der Waals surface area contributed by atoms with Crippen LogP contribution in [0.15, 0.2) is 36.4 Å². The molecule has 0 bridgehead atoms. The summed E-state index contributed by atoms with van der Waals surface area (Å²) in [5.74, 6) is 1.73. The molecule has 2 rings (SSSR count). The number of hydrogen-bond acceptors (Lipinski definition) is 3. The smallest absolute Gasteiger partial charge is 0.152 e. The van der Waals surface area contributed by atoms with Crippen molar-refractivity contribution < 1.29 is 14.2 Å². The van der Waals surface area contributed by atoms with E-state index in [1.165, 1.54) is 0 Å². The van der Waals surface area contributed by atoms with Crippen molar-refractivity contribution in [3.63, 3.8) is 0 Å². The fourth-order valence-corrected chi connectivity index (χ4v) is 2.27. The average molecular weight is 279 g/mol. The maximum absolute atomic E-state index is 6.29. The lowest BCUT2D eigenvalue weighted by atomic mass is 10.0. The highest BCUT2D eigenvalue weighted by molar-refractivity contribution is 6.34. The second-order valence-corrected chi connectivity index (χ2v) is 4.25. The molecular formula is C15H15ClO3. The van der Waals surface area contributed by atoms with Crippen molar-refractivity contribution in [3.05, 3.63) is 41.4 Å². The van der Waals surface area contributed by atoms with Crippen molar-refractivity contribution in [2.75, 3.05) is 21.3 Å². The molecule has 0 fully saturated rings. The van der Waals surface area contributed by atoms with Gasteiger partial charge in [0.1, 0.15) is 16.5 Å². The van der Waals surface area contributed by atoms with E-state index in [2.05, 4.69) is 0 Å². The van der Waals surface area contributed by atoms with Gasteiger partial charge in [-0.05, 0) is 5.56 Å². The molecule has 0 amide bonds. The molecule has 0 heterocycles. The fraction of sp³-hybridized carbons (Fsp3) is 0.200. The summed E-state index contributed by atoms with van der Waals surface area (Å²) in [6.07, 6.45) is 0. The number of hydrogen-bond donors (Lipinski definition) is 0. The predicted octanol–water partition coefficient (Wildman–Crippen LogP) is 4.03. The Hall–Kier alpha value is -1.87. The summed E-state index contributed by atoms with van der Waals surface area (Å²) in [7, 11) is 4.74. The lowest BCUT2D eigenvalue weighted by molar-refractivity contribution is 0.378. The van der Waals surface area contributed by atoms with Crippen LogP contribution in [0.4, 0.5) is 0 Å². The summed E-state index contributed by atoms with van der Waals surface area (Å²) in [5, 5.41) is 0.435. The first-order valence-electron chi connectivity index (χ1n) is 5.76. The Morgan fingerprint density at radius 1 is 0.842 bits per heavy atom. The van der Waals surface area contributed by atoms with E-state index in [9.17, 15) is 0 Å². The van der Waals surface area contributed by atoms with E-state index in [0.717, 1.165) is 11.1 Å². The van der Waals surface area contributed by atoms with Gasteiger partial charge in [0.25, 0.3) is 0 Å². The van der Waals surface area contributed by atoms with Gasteiger partial charge in [0.15, 0.2) is 5.75 Å². The number of methoxy groups -OCH3 is 3. The maximum atomic E-state index is 6.29. The summed E-state index contributed by atoms with van der Waals surface area (Å²) < 4.78 is 16.1. The lowest BCUT2D eigenvalue weighted by Gasteiger charge is -2.17. The van der Waals surface area contributed by atoms with E-state index in [1.54, 1.807) is 27.4 Å². The Bertz CT molecular complexity index is 567. The lowest BCUT2D eigenvalue weighted by Crippen LogP contribution is -1.96. The highest BCUT2D eigenvalue weighted by Crippen LogP contribution is 2.47. The first kappa shape index (κ1) is 13.6. The van der Waals surface area contributed by atoms with Crippen LogP contribution in [0.1, 0.15) is 0 Å². The first-order chi connectivity index (χ1) is 9.22. The van der Waals surface area contributed by atoms with Gasteiger partial charge in [-0.1, -0.05) is 41.9 Å². The second-order valence-electron chi connectivity index (χ2n) is 3.87. The molecule has 0 saturated carbocycles. The van der Waals surface area contributed by atoms with E-state index in [4.69, 9.17) is 25.8 Å². The quantitative estimate of drug-likeness (QED) is 0.845. The Labute approximate surface area is 117 Å². The van der Waals surface area contributed by atoms with Gasteiger partial charge in [0.05, 0.1) is 26.9 Å². The van der Waals surface area contributed by atoms with Crippen LogP contribution in [0.25, 0.3) is 11.1 Å². The number of ether oxygens (including phenoxy) is 3. The van der Waals surface area contributed by atoms with Crippen molar-refractivity contribution >= 4 is 11.6 Å². The van der Waals surface area contributed by atoms with Crippen LogP contribution in [0, 0.1) is 0 Å². The largest absolute Gasteiger partial charge is 0.496 e. The molecule has 19 heavy (non-hydrogen) atoms. The van der Waals surface area contributed by atoms with E-state index < -0.39 is 0 Å². The Morgan fingerprint density at radius 3 is 2.00 bits per heavy atom. The minimum atomic E-state index is 0.435. The van der Waals surface area contributed by atoms with Crippen LogP contribution in [0.3, 0.4) is 0 Å². The molecule has 0 saturated heterocycles. The van der Waals surface area contributed by atoms with Crippen LogP contribution in [0.5, 0.6) is 17.2 Å².